The van der Waals surface area contributed by atoms with E-state index in [1.54, 1.807) is 7.11 Å². The van der Waals surface area contributed by atoms with Crippen molar-refractivity contribution in [3.05, 3.63) is 127 Å². The molecule has 176 valence electrons. The molecule has 0 radical (unpaired) electrons. The molecule has 2 aliphatic rings. The lowest BCUT2D eigenvalue weighted by atomic mass is 9.83. The molecule has 1 atom stereocenters. The summed E-state index contributed by atoms with van der Waals surface area (Å²) in [5.74, 6) is 0.800. The molecule has 0 saturated carbocycles. The van der Waals surface area contributed by atoms with Crippen LogP contribution in [-0.4, -0.2) is 16.7 Å². The standard InChI is InChI=1S/C30H23N3O2S/c1-35-21-13-10-19(11-14-21)28-24-15-12-18-6-2-3-8-23(18)27(24)32-30-33(28)29(34)26(36-30)16-20-17-31-25-9-5-4-7-22(20)25/h2-11,13-14,16-17,28,31H,12,15H2,1H3/b26-16-/t28-/m0/s1. The summed E-state index contributed by atoms with van der Waals surface area (Å²) in [4.78, 5) is 23.1. The number of rotatable bonds is 3. The van der Waals surface area contributed by atoms with Crippen molar-refractivity contribution in [1.82, 2.24) is 9.55 Å². The normalized spacial score (nSPS) is 16.9. The summed E-state index contributed by atoms with van der Waals surface area (Å²) in [6, 6.07) is 24.5. The monoisotopic (exact) mass is 489 g/mol. The van der Waals surface area contributed by atoms with Gasteiger partial charge in [0.25, 0.3) is 5.56 Å². The van der Waals surface area contributed by atoms with Crippen molar-refractivity contribution in [3.8, 4) is 5.75 Å². The lowest BCUT2D eigenvalue weighted by molar-refractivity contribution is 0.414. The topological polar surface area (TPSA) is 59.4 Å². The minimum atomic E-state index is -0.194. The van der Waals surface area contributed by atoms with E-state index < -0.39 is 0 Å². The molecule has 0 fully saturated rings. The molecule has 0 spiro atoms. The van der Waals surface area contributed by atoms with Gasteiger partial charge < -0.3 is 9.72 Å². The van der Waals surface area contributed by atoms with Crippen molar-refractivity contribution in [3.63, 3.8) is 0 Å². The van der Waals surface area contributed by atoms with Crippen molar-refractivity contribution in [1.29, 1.82) is 0 Å². The molecule has 5 nitrogen and oxygen atoms in total. The number of fused-ring (bicyclic) bond motifs is 4. The molecule has 0 bridgehead atoms. The number of aromatic amines is 1. The van der Waals surface area contributed by atoms with Crippen LogP contribution < -0.4 is 19.6 Å². The van der Waals surface area contributed by atoms with Crippen molar-refractivity contribution < 1.29 is 4.74 Å². The van der Waals surface area contributed by atoms with Gasteiger partial charge in [-0.1, -0.05) is 65.9 Å². The Hall–Kier alpha value is -4.16. The van der Waals surface area contributed by atoms with Crippen LogP contribution in [0.3, 0.4) is 0 Å². The van der Waals surface area contributed by atoms with Gasteiger partial charge in [0.15, 0.2) is 4.80 Å². The van der Waals surface area contributed by atoms with Crippen molar-refractivity contribution in [2.75, 3.05) is 7.11 Å². The summed E-state index contributed by atoms with van der Waals surface area (Å²) in [6.45, 7) is 0. The van der Waals surface area contributed by atoms with Gasteiger partial charge in [0.1, 0.15) is 5.75 Å². The van der Waals surface area contributed by atoms with Gasteiger partial charge in [-0.15, -0.1) is 0 Å². The molecule has 5 aromatic rings. The van der Waals surface area contributed by atoms with Crippen LogP contribution in [0.2, 0.25) is 0 Å². The fourth-order valence-corrected chi connectivity index (χ4v) is 6.46. The molecule has 6 heteroatoms. The minimum absolute atomic E-state index is 0.00439. The number of aromatic nitrogens is 2. The summed E-state index contributed by atoms with van der Waals surface area (Å²) in [7, 11) is 1.67. The van der Waals surface area contributed by atoms with Gasteiger partial charge in [-0.3, -0.25) is 9.36 Å². The highest BCUT2D eigenvalue weighted by Gasteiger charge is 2.32. The third kappa shape index (κ3) is 3.22. The second kappa shape index (κ2) is 8.21. The van der Waals surface area contributed by atoms with E-state index in [1.165, 1.54) is 28.0 Å². The van der Waals surface area contributed by atoms with E-state index in [-0.39, 0.29) is 11.6 Å². The number of H-pyrrole nitrogens is 1. The third-order valence-electron chi connectivity index (χ3n) is 7.21. The Morgan fingerprint density at radius 1 is 1.03 bits per heavy atom. The first-order valence-corrected chi connectivity index (χ1v) is 12.9. The molecule has 1 N–H and O–H groups in total. The first-order valence-electron chi connectivity index (χ1n) is 12.0. The van der Waals surface area contributed by atoms with Crippen molar-refractivity contribution >= 4 is 34.0 Å². The first-order chi connectivity index (χ1) is 17.7. The van der Waals surface area contributed by atoms with Crippen molar-refractivity contribution in [2.45, 2.75) is 18.9 Å². The Labute approximate surface area is 211 Å². The second-order valence-electron chi connectivity index (χ2n) is 9.18. The second-order valence-corrected chi connectivity index (χ2v) is 10.2. The number of hydrogen-bond acceptors (Lipinski definition) is 4. The molecule has 1 aliphatic heterocycles. The van der Waals surface area contributed by atoms with Gasteiger partial charge in [0.2, 0.25) is 0 Å². The van der Waals surface area contributed by atoms with Gasteiger partial charge >= 0.3 is 0 Å². The molecule has 3 aromatic carbocycles. The van der Waals surface area contributed by atoms with E-state index in [1.807, 2.05) is 47.2 Å². The largest absolute Gasteiger partial charge is 0.497 e. The predicted octanol–water partition coefficient (Wildman–Crippen LogP) is 4.81. The molecular formula is C30H23N3O2S. The number of nitrogens with one attached hydrogen (secondary N) is 1. The quantitative estimate of drug-likeness (QED) is 0.396. The van der Waals surface area contributed by atoms with Crippen molar-refractivity contribution in [2.24, 2.45) is 4.99 Å². The molecule has 7 rings (SSSR count). The molecule has 0 unspecified atom stereocenters. The average Bonchev–Trinajstić information content (AvgIpc) is 3.48. The van der Waals surface area contributed by atoms with Crippen LogP contribution in [0.25, 0.3) is 22.7 Å². The number of nitrogens with zero attached hydrogens (tertiary/aromatic N) is 2. The molecule has 1 aliphatic carbocycles. The maximum Gasteiger partial charge on any atom is 0.271 e. The zero-order chi connectivity index (χ0) is 24.2. The van der Waals surface area contributed by atoms with Crippen LogP contribution in [0.15, 0.2) is 94.4 Å². The lowest BCUT2D eigenvalue weighted by Gasteiger charge is -2.30. The highest BCUT2D eigenvalue weighted by atomic mass is 32.1. The van der Waals surface area contributed by atoms with Gasteiger partial charge in [-0.2, -0.15) is 0 Å². The molecule has 3 heterocycles. The molecular weight excluding hydrogens is 466 g/mol. The van der Waals surface area contributed by atoms with Gasteiger partial charge in [0, 0.05) is 28.2 Å². The van der Waals surface area contributed by atoms with Crippen LogP contribution in [0.1, 0.15) is 34.7 Å². The molecule has 2 aromatic heterocycles. The number of allylic oxidation sites excluding steroid dienone is 1. The smallest absolute Gasteiger partial charge is 0.271 e. The molecule has 36 heavy (non-hydrogen) atoms. The van der Waals surface area contributed by atoms with Gasteiger partial charge in [0.05, 0.1) is 23.4 Å². The fourth-order valence-electron chi connectivity index (χ4n) is 5.46. The SMILES string of the molecule is COc1ccc([C@H]2C3=C(N=c4s/c(=C\c5c[nH]c6ccccc56)c(=O)n42)c2ccccc2CC3)cc1. The number of para-hydroxylation sites is 1. The number of methoxy groups -OCH3 is 1. The van der Waals surface area contributed by atoms with E-state index in [2.05, 4.69) is 47.4 Å². The van der Waals surface area contributed by atoms with Crippen LogP contribution in [0.4, 0.5) is 0 Å². The Kier molecular flexibility index (Phi) is 4.82. The van der Waals surface area contributed by atoms with E-state index >= 15 is 0 Å². The minimum Gasteiger partial charge on any atom is -0.497 e. The molecule has 0 amide bonds. The zero-order valence-corrected chi connectivity index (χ0v) is 20.5. The summed E-state index contributed by atoms with van der Waals surface area (Å²) in [5.41, 5.74) is 7.82. The lowest BCUT2D eigenvalue weighted by Crippen LogP contribution is -2.38. The Morgan fingerprint density at radius 3 is 2.69 bits per heavy atom. The number of aryl methyl sites for hydroxylation is 1. The van der Waals surface area contributed by atoms with Crippen LogP contribution >= 0.6 is 11.3 Å². The Morgan fingerprint density at radius 2 is 1.83 bits per heavy atom. The maximum atomic E-state index is 13.9. The van der Waals surface area contributed by atoms with E-state index in [0.29, 0.717) is 4.53 Å². The zero-order valence-electron chi connectivity index (χ0n) is 19.7. The maximum absolute atomic E-state index is 13.9. The van der Waals surface area contributed by atoms with Gasteiger partial charge in [-0.05, 0) is 53.8 Å². The highest BCUT2D eigenvalue weighted by Crippen LogP contribution is 2.41. The summed E-state index contributed by atoms with van der Waals surface area (Å²) in [5, 5.41) is 1.10. The van der Waals surface area contributed by atoms with E-state index in [4.69, 9.17) is 9.73 Å². The summed E-state index contributed by atoms with van der Waals surface area (Å²) >= 11 is 1.46. The van der Waals surface area contributed by atoms with E-state index in [9.17, 15) is 4.79 Å². The Bertz CT molecular complexity index is 1850. The van der Waals surface area contributed by atoms with Crippen LogP contribution in [-0.2, 0) is 6.42 Å². The number of hydrogen-bond donors (Lipinski definition) is 1. The number of ether oxygens (including phenoxy) is 1. The fraction of sp³-hybridized carbons (Fsp3) is 0.133. The predicted molar refractivity (Wildman–Crippen MR) is 144 cm³/mol. The summed E-state index contributed by atoms with van der Waals surface area (Å²) < 4.78 is 7.97. The number of benzene rings is 3. The first kappa shape index (κ1) is 21.1. The van der Waals surface area contributed by atoms with Crippen LogP contribution in [0.5, 0.6) is 5.75 Å². The molecule has 0 saturated heterocycles. The third-order valence-corrected chi connectivity index (χ3v) is 8.20. The van der Waals surface area contributed by atoms with Crippen LogP contribution in [0, 0.1) is 0 Å². The number of thiazole rings is 1. The summed E-state index contributed by atoms with van der Waals surface area (Å²) in [6.07, 6.45) is 5.77. The van der Waals surface area contributed by atoms with Gasteiger partial charge in [-0.25, -0.2) is 4.99 Å². The Balaban J connectivity index is 1.48. The highest BCUT2D eigenvalue weighted by molar-refractivity contribution is 7.07. The van der Waals surface area contributed by atoms with E-state index in [0.717, 1.165) is 51.1 Å². The average molecular weight is 490 g/mol.